The molecule has 0 saturated carbocycles. The number of nitrogens with zero attached hydrogens (tertiary/aromatic N) is 2. The summed E-state index contributed by atoms with van der Waals surface area (Å²) in [6.45, 7) is 2.03. The Balaban J connectivity index is 1.62. The molecule has 1 aliphatic heterocycles. The van der Waals surface area contributed by atoms with Gasteiger partial charge in [0.15, 0.2) is 0 Å². The van der Waals surface area contributed by atoms with E-state index in [2.05, 4.69) is 15.2 Å². The van der Waals surface area contributed by atoms with Crippen molar-refractivity contribution in [3.8, 4) is 0 Å². The van der Waals surface area contributed by atoms with Crippen molar-refractivity contribution in [2.45, 2.75) is 12.6 Å². The van der Waals surface area contributed by atoms with Gasteiger partial charge in [0.1, 0.15) is 5.82 Å². The summed E-state index contributed by atoms with van der Waals surface area (Å²) >= 11 is 0. The molecule has 2 N–H and O–H groups in total. The molecule has 1 fully saturated rings. The molecule has 0 spiro atoms. The third kappa shape index (κ3) is 3.96. The normalized spacial score (nSPS) is 20.9. The van der Waals surface area contributed by atoms with Gasteiger partial charge < -0.3 is 10.4 Å². The van der Waals surface area contributed by atoms with Gasteiger partial charge in [0.05, 0.1) is 5.69 Å². The van der Waals surface area contributed by atoms with Crippen LogP contribution in [0.1, 0.15) is 16.1 Å². The van der Waals surface area contributed by atoms with Gasteiger partial charge in [0.2, 0.25) is 0 Å². The van der Waals surface area contributed by atoms with E-state index in [-0.39, 0.29) is 30.3 Å². The predicted octanol–water partition coefficient (Wildman–Crippen LogP) is 1.44. The highest BCUT2D eigenvalue weighted by Gasteiger charge is 2.33. The molecule has 24 heavy (non-hydrogen) atoms. The number of halogens is 1. The van der Waals surface area contributed by atoms with E-state index in [4.69, 9.17) is 0 Å². The van der Waals surface area contributed by atoms with Crippen molar-refractivity contribution in [2.24, 2.45) is 5.92 Å². The van der Waals surface area contributed by atoms with Crippen molar-refractivity contribution >= 4 is 5.91 Å². The number of pyridine rings is 1. The smallest absolute Gasteiger partial charge is 0.251 e. The zero-order chi connectivity index (χ0) is 16.9. The van der Waals surface area contributed by atoms with Gasteiger partial charge in [-0.25, -0.2) is 4.39 Å². The number of carbonyl (C=O) groups excluding carboxylic acids is 1. The van der Waals surface area contributed by atoms with Crippen molar-refractivity contribution in [2.75, 3.05) is 19.7 Å². The van der Waals surface area contributed by atoms with Crippen LogP contribution in [0, 0.1) is 11.7 Å². The minimum atomic E-state index is -0.373. The first-order valence-corrected chi connectivity index (χ1v) is 7.95. The summed E-state index contributed by atoms with van der Waals surface area (Å²) in [7, 11) is 0. The highest BCUT2D eigenvalue weighted by molar-refractivity contribution is 5.94. The summed E-state index contributed by atoms with van der Waals surface area (Å²) in [6.07, 6.45) is 1.75. The Morgan fingerprint density at radius 2 is 2.04 bits per heavy atom. The van der Waals surface area contributed by atoms with E-state index in [1.54, 1.807) is 6.20 Å². The van der Waals surface area contributed by atoms with Gasteiger partial charge in [-0.15, -0.1) is 0 Å². The highest BCUT2D eigenvalue weighted by atomic mass is 19.1. The molecular weight excluding hydrogens is 309 g/mol. The van der Waals surface area contributed by atoms with Crippen LogP contribution in [0.2, 0.25) is 0 Å². The number of amides is 1. The SMILES string of the molecule is O=C(N[C@@H]1CN(Cc2ccccn2)C[C@H]1CO)c1ccc(F)cc1. The van der Waals surface area contributed by atoms with Crippen LogP contribution in [0.25, 0.3) is 0 Å². The fourth-order valence-corrected chi connectivity index (χ4v) is 3.01. The lowest BCUT2D eigenvalue weighted by Crippen LogP contribution is -2.41. The first-order chi connectivity index (χ1) is 11.7. The van der Waals surface area contributed by atoms with Gasteiger partial charge in [-0.3, -0.25) is 14.7 Å². The van der Waals surface area contributed by atoms with E-state index in [1.807, 2.05) is 18.2 Å². The second-order valence-corrected chi connectivity index (χ2v) is 6.04. The first-order valence-electron chi connectivity index (χ1n) is 7.95. The maximum Gasteiger partial charge on any atom is 0.251 e. The molecule has 0 aliphatic carbocycles. The average Bonchev–Trinajstić information content (AvgIpc) is 2.97. The van der Waals surface area contributed by atoms with Crippen molar-refractivity contribution in [3.05, 3.63) is 65.7 Å². The number of aliphatic hydroxyl groups is 1. The molecule has 1 saturated heterocycles. The third-order valence-corrected chi connectivity index (χ3v) is 4.29. The molecule has 2 aromatic rings. The largest absolute Gasteiger partial charge is 0.396 e. The van der Waals surface area contributed by atoms with Gasteiger partial charge in [0.25, 0.3) is 5.91 Å². The molecule has 0 unspecified atom stereocenters. The van der Waals surface area contributed by atoms with Gasteiger partial charge in [-0.05, 0) is 36.4 Å². The summed E-state index contributed by atoms with van der Waals surface area (Å²) in [5.74, 6) is -0.654. The molecule has 0 radical (unpaired) electrons. The minimum absolute atomic E-state index is 0.00703. The fraction of sp³-hybridized carbons (Fsp3) is 0.333. The highest BCUT2D eigenvalue weighted by Crippen LogP contribution is 2.19. The van der Waals surface area contributed by atoms with Crippen molar-refractivity contribution in [1.29, 1.82) is 0 Å². The molecule has 2 atom stereocenters. The van der Waals surface area contributed by atoms with Crippen molar-refractivity contribution in [1.82, 2.24) is 15.2 Å². The van der Waals surface area contributed by atoms with Crippen LogP contribution in [0.15, 0.2) is 48.7 Å². The molecule has 3 rings (SSSR count). The van der Waals surface area contributed by atoms with E-state index in [9.17, 15) is 14.3 Å². The van der Waals surface area contributed by atoms with E-state index in [1.165, 1.54) is 24.3 Å². The van der Waals surface area contributed by atoms with Crippen LogP contribution in [0.5, 0.6) is 0 Å². The van der Waals surface area contributed by atoms with Crippen LogP contribution in [0.4, 0.5) is 4.39 Å². The number of likely N-dealkylation sites (tertiary alicyclic amines) is 1. The van der Waals surface area contributed by atoms with Crippen LogP contribution in [-0.4, -0.2) is 46.6 Å². The lowest BCUT2D eigenvalue weighted by atomic mass is 10.0. The van der Waals surface area contributed by atoms with Crippen LogP contribution < -0.4 is 5.32 Å². The van der Waals surface area contributed by atoms with Crippen LogP contribution in [-0.2, 0) is 6.54 Å². The van der Waals surface area contributed by atoms with Crippen LogP contribution >= 0.6 is 0 Å². The van der Waals surface area contributed by atoms with Crippen molar-refractivity contribution < 1.29 is 14.3 Å². The van der Waals surface area contributed by atoms with Gasteiger partial charge in [-0.1, -0.05) is 6.07 Å². The van der Waals surface area contributed by atoms with Gasteiger partial charge >= 0.3 is 0 Å². The zero-order valence-electron chi connectivity index (χ0n) is 13.2. The first kappa shape index (κ1) is 16.5. The number of nitrogens with one attached hydrogen (secondary N) is 1. The van der Waals surface area contributed by atoms with E-state index in [0.717, 1.165) is 5.69 Å². The summed E-state index contributed by atoms with van der Waals surface area (Å²) in [5.41, 5.74) is 1.37. The summed E-state index contributed by atoms with van der Waals surface area (Å²) < 4.78 is 13.0. The quantitative estimate of drug-likeness (QED) is 0.871. The molecular formula is C18H20FN3O2. The summed E-state index contributed by atoms with van der Waals surface area (Å²) in [4.78, 5) is 18.8. The average molecular weight is 329 g/mol. The molecule has 1 aliphatic rings. The van der Waals surface area contributed by atoms with Gasteiger partial charge in [0, 0.05) is 50.0 Å². The Hall–Kier alpha value is -2.31. The molecule has 1 aromatic heterocycles. The maximum atomic E-state index is 13.0. The monoisotopic (exact) mass is 329 g/mol. The molecule has 6 heteroatoms. The van der Waals surface area contributed by atoms with E-state index in [0.29, 0.717) is 25.2 Å². The number of rotatable bonds is 5. The number of hydrogen-bond acceptors (Lipinski definition) is 4. The number of benzene rings is 1. The third-order valence-electron chi connectivity index (χ3n) is 4.29. The Kier molecular flexibility index (Phi) is 5.17. The van der Waals surface area contributed by atoms with Crippen LogP contribution in [0.3, 0.4) is 0 Å². The van der Waals surface area contributed by atoms with Gasteiger partial charge in [-0.2, -0.15) is 0 Å². The van der Waals surface area contributed by atoms with E-state index >= 15 is 0 Å². The Morgan fingerprint density at radius 3 is 2.71 bits per heavy atom. The van der Waals surface area contributed by atoms with Crippen molar-refractivity contribution in [3.63, 3.8) is 0 Å². The fourth-order valence-electron chi connectivity index (χ4n) is 3.01. The van der Waals surface area contributed by atoms with E-state index < -0.39 is 0 Å². The zero-order valence-corrected chi connectivity index (χ0v) is 13.2. The lowest BCUT2D eigenvalue weighted by Gasteiger charge is -2.18. The topological polar surface area (TPSA) is 65.5 Å². The number of carbonyl (C=O) groups is 1. The number of aliphatic hydroxyl groups excluding tert-OH is 1. The maximum absolute atomic E-state index is 13.0. The molecule has 5 nitrogen and oxygen atoms in total. The standard InChI is InChI=1S/C18H20FN3O2/c19-15-6-4-13(5-7-15)18(24)21-17-11-22(9-14(17)12-23)10-16-3-1-2-8-20-16/h1-8,14,17,23H,9-12H2,(H,21,24)/t14-,17+/m0/s1. The number of hydrogen-bond donors (Lipinski definition) is 2. The Bertz CT molecular complexity index is 678. The minimum Gasteiger partial charge on any atom is -0.396 e. The summed E-state index contributed by atoms with van der Waals surface area (Å²) in [5, 5.41) is 12.5. The Morgan fingerprint density at radius 1 is 1.25 bits per heavy atom. The Labute approximate surface area is 140 Å². The molecule has 126 valence electrons. The number of aromatic nitrogens is 1. The molecule has 2 heterocycles. The molecule has 1 amide bonds. The molecule has 1 aromatic carbocycles. The predicted molar refractivity (Wildman–Crippen MR) is 87.7 cm³/mol. The second kappa shape index (κ2) is 7.51. The molecule has 0 bridgehead atoms. The second-order valence-electron chi connectivity index (χ2n) is 6.04. The summed E-state index contributed by atoms with van der Waals surface area (Å²) in [6, 6.07) is 11.1. The lowest BCUT2D eigenvalue weighted by molar-refractivity contribution is 0.0921.